The summed E-state index contributed by atoms with van der Waals surface area (Å²) in [4.78, 5) is 17.2. The summed E-state index contributed by atoms with van der Waals surface area (Å²) in [5.41, 5.74) is 7.62. The van der Waals surface area contributed by atoms with Crippen molar-refractivity contribution in [2.45, 2.75) is 58.4 Å². The van der Waals surface area contributed by atoms with Crippen molar-refractivity contribution >= 4 is 29.7 Å². The molecule has 0 radical (unpaired) electrons. The molecule has 2 heterocycles. The number of likely N-dealkylation sites (tertiary alicyclic amines) is 1. The number of carbonyl (C=O) groups excluding carboxylic acids is 1. The Kier molecular flexibility index (Phi) is 5.57. The molecule has 1 aromatic heterocycles. The standard InChI is InChI=1S/C17H26N2OS.ClH/c1-17(2)11-19(9-8-15(17)18)16(20)14-10-12-6-4-3-5-7-13(12)21-14;/h10,15H,3-9,11,18H2,1-2H3;1H. The van der Waals surface area contributed by atoms with E-state index >= 15 is 0 Å². The van der Waals surface area contributed by atoms with Crippen LogP contribution in [0.3, 0.4) is 0 Å². The molecule has 5 heteroatoms. The van der Waals surface area contributed by atoms with E-state index in [1.54, 1.807) is 11.3 Å². The maximum Gasteiger partial charge on any atom is 0.263 e. The Hall–Kier alpha value is -0.580. The number of amides is 1. The molecular formula is C17H27ClN2OS. The summed E-state index contributed by atoms with van der Waals surface area (Å²) in [7, 11) is 0. The highest BCUT2D eigenvalue weighted by Gasteiger charge is 2.36. The van der Waals surface area contributed by atoms with Crippen LogP contribution in [0.1, 0.15) is 59.6 Å². The summed E-state index contributed by atoms with van der Waals surface area (Å²) >= 11 is 1.73. The molecule has 2 N–H and O–H groups in total. The molecule has 1 saturated heterocycles. The van der Waals surface area contributed by atoms with Gasteiger partial charge in [0.1, 0.15) is 0 Å². The fourth-order valence-corrected chi connectivity index (χ4v) is 4.70. The minimum absolute atomic E-state index is 0. The van der Waals surface area contributed by atoms with Gasteiger partial charge in [0.05, 0.1) is 4.88 Å². The normalized spacial score (nSPS) is 24.1. The van der Waals surface area contributed by atoms with Crippen LogP contribution in [0.5, 0.6) is 0 Å². The van der Waals surface area contributed by atoms with E-state index < -0.39 is 0 Å². The molecule has 1 aliphatic carbocycles. The maximum absolute atomic E-state index is 12.8. The van der Waals surface area contributed by atoms with Crippen LogP contribution in [0.4, 0.5) is 0 Å². The molecule has 1 amide bonds. The predicted molar refractivity (Wildman–Crippen MR) is 95.1 cm³/mol. The zero-order valence-electron chi connectivity index (χ0n) is 13.6. The Morgan fingerprint density at radius 3 is 2.77 bits per heavy atom. The molecule has 3 nitrogen and oxygen atoms in total. The molecule has 22 heavy (non-hydrogen) atoms. The summed E-state index contributed by atoms with van der Waals surface area (Å²) in [6.45, 7) is 5.91. The van der Waals surface area contributed by atoms with Crippen molar-refractivity contribution in [2.24, 2.45) is 11.1 Å². The van der Waals surface area contributed by atoms with E-state index in [0.717, 1.165) is 37.2 Å². The van der Waals surface area contributed by atoms with Crippen molar-refractivity contribution in [2.75, 3.05) is 13.1 Å². The van der Waals surface area contributed by atoms with Crippen LogP contribution in [0.15, 0.2) is 6.07 Å². The van der Waals surface area contributed by atoms with Crippen molar-refractivity contribution in [1.82, 2.24) is 4.90 Å². The molecule has 124 valence electrons. The topological polar surface area (TPSA) is 46.3 Å². The number of piperidine rings is 1. The van der Waals surface area contributed by atoms with E-state index in [4.69, 9.17) is 5.73 Å². The molecule has 0 aromatic carbocycles. The van der Waals surface area contributed by atoms with Crippen LogP contribution in [0.2, 0.25) is 0 Å². The Labute approximate surface area is 143 Å². The number of aryl methyl sites for hydroxylation is 2. The molecule has 0 saturated carbocycles. The molecule has 1 unspecified atom stereocenters. The van der Waals surface area contributed by atoms with Gasteiger partial charge in [-0.1, -0.05) is 20.3 Å². The lowest BCUT2D eigenvalue weighted by molar-refractivity contribution is 0.0537. The largest absolute Gasteiger partial charge is 0.337 e. The summed E-state index contributed by atoms with van der Waals surface area (Å²) in [6.07, 6.45) is 7.07. The summed E-state index contributed by atoms with van der Waals surface area (Å²) in [5, 5.41) is 0. The molecule has 1 aliphatic heterocycles. The number of halogens is 1. The van der Waals surface area contributed by atoms with Crippen LogP contribution in [0.25, 0.3) is 0 Å². The van der Waals surface area contributed by atoms with Crippen LogP contribution in [-0.2, 0) is 12.8 Å². The van der Waals surface area contributed by atoms with Crippen LogP contribution in [0, 0.1) is 5.41 Å². The molecular weight excluding hydrogens is 316 g/mol. The molecule has 0 bridgehead atoms. The fourth-order valence-electron chi connectivity index (χ4n) is 3.48. The summed E-state index contributed by atoms with van der Waals surface area (Å²) in [6, 6.07) is 2.36. The molecule has 1 fully saturated rings. The highest BCUT2D eigenvalue weighted by Crippen LogP contribution is 2.32. The third-order valence-electron chi connectivity index (χ3n) is 5.06. The van der Waals surface area contributed by atoms with E-state index in [2.05, 4.69) is 19.9 Å². The Bertz CT molecular complexity index is 517. The van der Waals surface area contributed by atoms with Gasteiger partial charge in [-0.15, -0.1) is 23.7 Å². The van der Waals surface area contributed by atoms with Gasteiger partial charge in [-0.05, 0) is 49.1 Å². The van der Waals surface area contributed by atoms with E-state index in [1.807, 2.05) is 4.90 Å². The average Bonchev–Trinajstić information content (AvgIpc) is 2.72. The number of fused-ring (bicyclic) bond motifs is 1. The van der Waals surface area contributed by atoms with E-state index in [9.17, 15) is 4.79 Å². The van der Waals surface area contributed by atoms with Crippen LogP contribution < -0.4 is 5.73 Å². The molecule has 1 atom stereocenters. The highest BCUT2D eigenvalue weighted by molar-refractivity contribution is 7.14. The van der Waals surface area contributed by atoms with Crippen molar-refractivity contribution in [3.05, 3.63) is 21.4 Å². The fraction of sp³-hybridized carbons (Fsp3) is 0.706. The van der Waals surface area contributed by atoms with Gasteiger partial charge >= 0.3 is 0 Å². The molecule has 2 aliphatic rings. The Balaban J connectivity index is 0.00000176. The first kappa shape index (κ1) is 17.8. The summed E-state index contributed by atoms with van der Waals surface area (Å²) in [5.74, 6) is 0.216. The average molecular weight is 343 g/mol. The zero-order valence-corrected chi connectivity index (χ0v) is 15.2. The van der Waals surface area contributed by atoms with Crippen LogP contribution >= 0.6 is 23.7 Å². The predicted octanol–water partition coefficient (Wildman–Crippen LogP) is 3.64. The highest BCUT2D eigenvalue weighted by atomic mass is 35.5. The zero-order chi connectivity index (χ0) is 15.0. The van der Waals surface area contributed by atoms with Gasteiger partial charge in [-0.25, -0.2) is 0 Å². The first-order valence-corrected chi connectivity index (χ1v) is 8.95. The van der Waals surface area contributed by atoms with Crippen molar-refractivity contribution in [3.63, 3.8) is 0 Å². The minimum Gasteiger partial charge on any atom is -0.337 e. The van der Waals surface area contributed by atoms with Crippen LogP contribution in [-0.4, -0.2) is 29.9 Å². The number of nitrogens with two attached hydrogens (primary N) is 1. The Morgan fingerprint density at radius 2 is 2.05 bits per heavy atom. The number of thiophene rings is 1. The number of carbonyl (C=O) groups is 1. The minimum atomic E-state index is 0. The lowest BCUT2D eigenvalue weighted by atomic mass is 9.79. The number of rotatable bonds is 1. The van der Waals surface area contributed by atoms with Gasteiger partial charge in [0.15, 0.2) is 0 Å². The second-order valence-electron chi connectivity index (χ2n) is 7.23. The van der Waals surface area contributed by atoms with Gasteiger partial charge in [0.2, 0.25) is 0 Å². The van der Waals surface area contributed by atoms with Gasteiger partial charge in [-0.2, -0.15) is 0 Å². The van der Waals surface area contributed by atoms with Gasteiger partial charge in [-0.3, -0.25) is 4.79 Å². The lowest BCUT2D eigenvalue weighted by Crippen LogP contribution is -2.53. The van der Waals surface area contributed by atoms with Crippen molar-refractivity contribution in [3.8, 4) is 0 Å². The van der Waals surface area contributed by atoms with Crippen molar-refractivity contribution < 1.29 is 4.79 Å². The Morgan fingerprint density at radius 1 is 1.32 bits per heavy atom. The summed E-state index contributed by atoms with van der Waals surface area (Å²) < 4.78 is 0. The first-order chi connectivity index (χ1) is 9.97. The van der Waals surface area contributed by atoms with Gasteiger partial charge in [0.25, 0.3) is 5.91 Å². The third-order valence-corrected chi connectivity index (χ3v) is 6.28. The smallest absolute Gasteiger partial charge is 0.263 e. The van der Waals surface area contributed by atoms with E-state index in [1.165, 1.54) is 29.7 Å². The quantitative estimate of drug-likeness (QED) is 0.792. The number of hydrogen-bond donors (Lipinski definition) is 1. The monoisotopic (exact) mass is 342 g/mol. The van der Waals surface area contributed by atoms with Gasteiger partial charge in [0, 0.05) is 24.0 Å². The van der Waals surface area contributed by atoms with Gasteiger partial charge < -0.3 is 10.6 Å². The second kappa shape index (κ2) is 6.90. The molecule has 0 spiro atoms. The lowest BCUT2D eigenvalue weighted by Gasteiger charge is -2.42. The molecule has 3 rings (SSSR count). The first-order valence-electron chi connectivity index (χ1n) is 8.14. The SMILES string of the molecule is CC1(C)CN(C(=O)c2cc3c(s2)CCCCC3)CCC1N.Cl. The number of nitrogens with zero attached hydrogens (tertiary/aromatic N) is 1. The van der Waals surface area contributed by atoms with E-state index in [-0.39, 0.29) is 29.8 Å². The third kappa shape index (κ3) is 3.50. The van der Waals surface area contributed by atoms with E-state index in [0.29, 0.717) is 0 Å². The van der Waals surface area contributed by atoms with Crippen molar-refractivity contribution in [1.29, 1.82) is 0 Å². The second-order valence-corrected chi connectivity index (χ2v) is 8.37. The maximum atomic E-state index is 12.8. The molecule has 1 aromatic rings. The number of hydrogen-bond acceptors (Lipinski definition) is 3.